The van der Waals surface area contributed by atoms with Gasteiger partial charge in [0.15, 0.2) is 0 Å². The molecular formula is C17H15N3O3. The molecule has 0 aliphatic heterocycles. The molecule has 1 amide bonds. The highest BCUT2D eigenvalue weighted by atomic mass is 16.3. The molecule has 6 nitrogen and oxygen atoms in total. The quantitative estimate of drug-likeness (QED) is 0.783. The molecule has 0 radical (unpaired) electrons. The van der Waals surface area contributed by atoms with Crippen LogP contribution >= 0.6 is 0 Å². The number of H-pyrrole nitrogens is 1. The largest absolute Gasteiger partial charge is 0.467 e. The Morgan fingerprint density at radius 1 is 1.04 bits per heavy atom. The van der Waals surface area contributed by atoms with Crippen molar-refractivity contribution in [3.05, 3.63) is 88.2 Å². The third-order valence-corrected chi connectivity index (χ3v) is 3.33. The number of hydrogen-bond acceptors (Lipinski definition) is 4. The fraction of sp³-hybridized carbons (Fsp3) is 0.118. The van der Waals surface area contributed by atoms with Crippen LogP contribution in [0.1, 0.15) is 21.8 Å². The highest BCUT2D eigenvalue weighted by Gasteiger charge is 2.19. The molecule has 0 atom stereocenters. The molecule has 6 heteroatoms. The molecule has 0 spiro atoms. The van der Waals surface area contributed by atoms with Crippen LogP contribution in [-0.2, 0) is 13.1 Å². The molecule has 0 unspecified atom stereocenters. The number of benzene rings is 1. The fourth-order valence-corrected chi connectivity index (χ4v) is 2.22. The highest BCUT2D eigenvalue weighted by molar-refractivity contribution is 5.92. The third kappa shape index (κ3) is 3.74. The van der Waals surface area contributed by atoms with Crippen LogP contribution in [0.2, 0.25) is 0 Å². The second kappa shape index (κ2) is 6.74. The van der Waals surface area contributed by atoms with E-state index < -0.39 is 0 Å². The van der Waals surface area contributed by atoms with Crippen molar-refractivity contribution < 1.29 is 9.21 Å². The molecule has 0 saturated carbocycles. The zero-order chi connectivity index (χ0) is 16.1. The number of hydrogen-bond donors (Lipinski definition) is 1. The maximum atomic E-state index is 12.7. The van der Waals surface area contributed by atoms with Crippen molar-refractivity contribution >= 4 is 5.91 Å². The van der Waals surface area contributed by atoms with Crippen LogP contribution in [0, 0.1) is 0 Å². The Bertz CT molecular complexity index is 805. The van der Waals surface area contributed by atoms with Crippen LogP contribution in [0.4, 0.5) is 0 Å². The predicted octanol–water partition coefficient (Wildman–Crippen LogP) is 2.21. The summed E-state index contributed by atoms with van der Waals surface area (Å²) in [6, 6.07) is 15.9. The Hall–Kier alpha value is -3.15. The minimum atomic E-state index is -0.345. The maximum Gasteiger partial charge on any atom is 0.274 e. The van der Waals surface area contributed by atoms with Gasteiger partial charge in [0.05, 0.1) is 12.8 Å². The summed E-state index contributed by atoms with van der Waals surface area (Å²) in [7, 11) is 0. The van der Waals surface area contributed by atoms with Crippen molar-refractivity contribution in [1.29, 1.82) is 0 Å². The lowest BCUT2D eigenvalue weighted by Crippen LogP contribution is -2.31. The van der Waals surface area contributed by atoms with E-state index in [4.69, 9.17) is 4.42 Å². The van der Waals surface area contributed by atoms with Crippen molar-refractivity contribution in [2.75, 3.05) is 0 Å². The van der Waals surface area contributed by atoms with Gasteiger partial charge in [0.1, 0.15) is 11.5 Å². The number of nitrogens with one attached hydrogen (secondary N) is 1. The standard InChI is InChI=1S/C17H15N3O3/c21-16-9-8-15(18-19-16)17(22)20(12-14-7-4-10-23-14)11-13-5-2-1-3-6-13/h1-10H,11-12H2,(H,19,21). The van der Waals surface area contributed by atoms with E-state index in [1.165, 1.54) is 12.1 Å². The van der Waals surface area contributed by atoms with Crippen molar-refractivity contribution in [3.63, 3.8) is 0 Å². The van der Waals surface area contributed by atoms with E-state index in [9.17, 15) is 9.59 Å². The van der Waals surface area contributed by atoms with Crippen molar-refractivity contribution in [2.24, 2.45) is 0 Å². The van der Waals surface area contributed by atoms with Gasteiger partial charge in [-0.15, -0.1) is 0 Å². The van der Waals surface area contributed by atoms with Gasteiger partial charge in [-0.1, -0.05) is 30.3 Å². The lowest BCUT2D eigenvalue weighted by atomic mass is 10.2. The minimum absolute atomic E-state index is 0.187. The van der Waals surface area contributed by atoms with Gasteiger partial charge >= 0.3 is 0 Å². The van der Waals surface area contributed by atoms with Crippen LogP contribution in [0.5, 0.6) is 0 Å². The Kier molecular flexibility index (Phi) is 4.33. The van der Waals surface area contributed by atoms with Gasteiger partial charge in [-0.05, 0) is 23.8 Å². The van der Waals surface area contributed by atoms with Gasteiger partial charge in [-0.2, -0.15) is 5.10 Å². The van der Waals surface area contributed by atoms with Crippen molar-refractivity contribution in [1.82, 2.24) is 15.1 Å². The van der Waals surface area contributed by atoms with E-state index >= 15 is 0 Å². The first kappa shape index (κ1) is 14.8. The zero-order valence-corrected chi connectivity index (χ0v) is 12.3. The number of carbonyl (C=O) groups excluding carboxylic acids is 1. The summed E-state index contributed by atoms with van der Waals surface area (Å²) in [6.07, 6.45) is 1.57. The van der Waals surface area contributed by atoms with Gasteiger partial charge in [-0.3, -0.25) is 9.59 Å². The SMILES string of the molecule is O=C(c1ccc(=O)[nH]n1)N(Cc1ccccc1)Cc1ccco1. The number of aromatic nitrogens is 2. The van der Waals surface area contributed by atoms with E-state index in [-0.39, 0.29) is 17.2 Å². The third-order valence-electron chi connectivity index (χ3n) is 3.33. The summed E-state index contributed by atoms with van der Waals surface area (Å²) in [6.45, 7) is 0.739. The first-order valence-electron chi connectivity index (χ1n) is 7.14. The predicted molar refractivity (Wildman–Crippen MR) is 83.6 cm³/mol. The minimum Gasteiger partial charge on any atom is -0.467 e. The summed E-state index contributed by atoms with van der Waals surface area (Å²) in [5, 5.41) is 6.09. The molecule has 116 valence electrons. The lowest BCUT2D eigenvalue weighted by molar-refractivity contribution is 0.0710. The average molecular weight is 309 g/mol. The van der Waals surface area contributed by atoms with Crippen LogP contribution in [-0.4, -0.2) is 21.0 Å². The second-order valence-electron chi connectivity index (χ2n) is 5.03. The van der Waals surface area contributed by atoms with Gasteiger partial charge in [0, 0.05) is 12.6 Å². The average Bonchev–Trinajstić information content (AvgIpc) is 3.08. The normalized spacial score (nSPS) is 10.4. The van der Waals surface area contributed by atoms with Crippen LogP contribution in [0.25, 0.3) is 0 Å². The number of nitrogens with zero attached hydrogens (tertiary/aromatic N) is 2. The molecule has 1 N–H and O–H groups in total. The molecule has 0 fully saturated rings. The number of furan rings is 1. The molecule has 3 rings (SSSR count). The summed E-state index contributed by atoms with van der Waals surface area (Å²) >= 11 is 0. The molecule has 0 aliphatic rings. The van der Waals surface area contributed by atoms with Gasteiger partial charge < -0.3 is 9.32 Å². The Morgan fingerprint density at radius 3 is 2.52 bits per heavy atom. The van der Waals surface area contributed by atoms with E-state index in [0.29, 0.717) is 18.8 Å². The van der Waals surface area contributed by atoms with E-state index in [1.54, 1.807) is 17.2 Å². The highest BCUT2D eigenvalue weighted by Crippen LogP contribution is 2.13. The maximum absolute atomic E-state index is 12.7. The topological polar surface area (TPSA) is 79.2 Å². The molecule has 1 aromatic carbocycles. The number of rotatable bonds is 5. The lowest BCUT2D eigenvalue weighted by Gasteiger charge is -2.21. The Labute approximate surface area is 132 Å². The van der Waals surface area contributed by atoms with E-state index in [1.807, 2.05) is 36.4 Å². The van der Waals surface area contributed by atoms with Crippen molar-refractivity contribution in [3.8, 4) is 0 Å². The van der Waals surface area contributed by atoms with Gasteiger partial charge in [-0.25, -0.2) is 5.10 Å². The summed E-state index contributed by atoms with van der Waals surface area (Å²) in [5.41, 5.74) is 0.839. The molecule has 2 aromatic heterocycles. The van der Waals surface area contributed by atoms with E-state index in [0.717, 1.165) is 5.56 Å². The molecule has 0 aliphatic carbocycles. The zero-order valence-electron chi connectivity index (χ0n) is 12.3. The molecule has 3 aromatic rings. The Balaban J connectivity index is 1.85. The molecule has 0 bridgehead atoms. The second-order valence-corrected chi connectivity index (χ2v) is 5.03. The smallest absolute Gasteiger partial charge is 0.274 e. The molecular weight excluding hydrogens is 294 g/mol. The monoisotopic (exact) mass is 309 g/mol. The molecule has 2 heterocycles. The summed E-state index contributed by atoms with van der Waals surface area (Å²) < 4.78 is 5.33. The van der Waals surface area contributed by atoms with Crippen LogP contribution in [0.3, 0.4) is 0 Å². The van der Waals surface area contributed by atoms with Crippen LogP contribution in [0.15, 0.2) is 70.1 Å². The molecule has 23 heavy (non-hydrogen) atoms. The van der Waals surface area contributed by atoms with Gasteiger partial charge in [0.2, 0.25) is 0 Å². The summed E-state index contributed by atoms with van der Waals surface area (Å²) in [4.78, 5) is 25.4. The first-order valence-corrected chi connectivity index (χ1v) is 7.14. The molecule has 0 saturated heterocycles. The number of amides is 1. The Morgan fingerprint density at radius 2 is 1.87 bits per heavy atom. The summed E-state index contributed by atoms with van der Waals surface area (Å²) in [5.74, 6) is 0.403. The van der Waals surface area contributed by atoms with Crippen LogP contribution < -0.4 is 5.56 Å². The van der Waals surface area contributed by atoms with Crippen molar-refractivity contribution in [2.45, 2.75) is 13.1 Å². The van der Waals surface area contributed by atoms with Gasteiger partial charge in [0.25, 0.3) is 11.5 Å². The fourth-order valence-electron chi connectivity index (χ4n) is 2.22. The first-order chi connectivity index (χ1) is 11.2. The van der Waals surface area contributed by atoms with E-state index in [2.05, 4.69) is 10.2 Å². The number of carbonyl (C=O) groups is 1. The number of aromatic amines is 1.